The Morgan fingerprint density at radius 1 is 0.826 bits per heavy atom. The van der Waals surface area contributed by atoms with Crippen LogP contribution in [-0.4, -0.2) is 19.8 Å². The summed E-state index contributed by atoms with van der Waals surface area (Å²) in [6.45, 7) is 2.62. The van der Waals surface area contributed by atoms with Gasteiger partial charge in [-0.25, -0.2) is 0 Å². The second kappa shape index (κ2) is 14.1. The number of nitrogens with two attached hydrogens (primary N) is 1. The van der Waals surface area contributed by atoms with Gasteiger partial charge in [-0.05, 0) is 30.5 Å². The van der Waals surface area contributed by atoms with Gasteiger partial charge in [0.05, 0.1) is 6.61 Å². The van der Waals surface area contributed by atoms with Crippen LogP contribution >= 0.6 is 0 Å². The fourth-order valence-electron chi connectivity index (χ4n) is 2.41. The number of benzene rings is 1. The van der Waals surface area contributed by atoms with Crippen molar-refractivity contribution in [3.05, 3.63) is 29.8 Å². The fraction of sp³-hybridized carbons (Fsp3) is 0.600. The lowest BCUT2D eigenvalue weighted by Gasteiger charge is -2.07. The van der Waals surface area contributed by atoms with Gasteiger partial charge in [0, 0.05) is 13.2 Å². The van der Waals surface area contributed by atoms with Crippen molar-refractivity contribution in [1.29, 1.82) is 0 Å². The standard InChI is InChI=1S/C20H31NO2/c1-2-15-22-16-9-7-5-3-4-6-8-10-17-23-20-13-11-19(18-21)12-14-20/h1,11-14H,3-10,15-18,21H2. The van der Waals surface area contributed by atoms with E-state index < -0.39 is 0 Å². The fourth-order valence-corrected chi connectivity index (χ4v) is 2.41. The van der Waals surface area contributed by atoms with E-state index >= 15 is 0 Å². The van der Waals surface area contributed by atoms with Crippen molar-refractivity contribution >= 4 is 0 Å². The lowest BCUT2D eigenvalue weighted by Crippen LogP contribution is -1.99. The predicted octanol–water partition coefficient (Wildman–Crippen LogP) is 4.29. The quantitative estimate of drug-likeness (QED) is 0.411. The third-order valence-corrected chi connectivity index (χ3v) is 3.80. The van der Waals surface area contributed by atoms with Crippen LogP contribution in [0, 0.1) is 12.3 Å². The molecule has 1 rings (SSSR count). The zero-order chi connectivity index (χ0) is 16.6. The van der Waals surface area contributed by atoms with Crippen LogP contribution in [0.5, 0.6) is 5.75 Å². The minimum Gasteiger partial charge on any atom is -0.494 e. The van der Waals surface area contributed by atoms with Crippen molar-refractivity contribution in [2.45, 2.75) is 57.9 Å². The van der Waals surface area contributed by atoms with Crippen LogP contribution in [0.3, 0.4) is 0 Å². The minimum atomic E-state index is 0.444. The first kappa shape index (κ1) is 19.5. The molecule has 1 aromatic carbocycles. The highest BCUT2D eigenvalue weighted by atomic mass is 16.5. The molecule has 0 bridgehead atoms. The van der Waals surface area contributed by atoms with Gasteiger partial charge in [0.2, 0.25) is 0 Å². The first-order chi connectivity index (χ1) is 11.4. The molecule has 2 N–H and O–H groups in total. The van der Waals surface area contributed by atoms with E-state index in [2.05, 4.69) is 5.92 Å². The second-order valence-corrected chi connectivity index (χ2v) is 5.78. The van der Waals surface area contributed by atoms with Gasteiger partial charge in [0.25, 0.3) is 0 Å². The van der Waals surface area contributed by atoms with E-state index in [0.29, 0.717) is 13.2 Å². The molecule has 0 amide bonds. The normalized spacial score (nSPS) is 10.4. The maximum absolute atomic E-state index is 5.73. The Morgan fingerprint density at radius 2 is 1.39 bits per heavy atom. The molecular formula is C20H31NO2. The number of hydrogen-bond acceptors (Lipinski definition) is 3. The number of unbranched alkanes of at least 4 members (excludes halogenated alkanes) is 7. The molecule has 0 aromatic heterocycles. The minimum absolute atomic E-state index is 0.444. The Hall–Kier alpha value is -1.50. The summed E-state index contributed by atoms with van der Waals surface area (Å²) in [5, 5.41) is 0. The Bertz CT molecular complexity index is 422. The molecule has 0 fully saturated rings. The van der Waals surface area contributed by atoms with Crippen LogP contribution in [0.4, 0.5) is 0 Å². The molecule has 0 aliphatic heterocycles. The van der Waals surface area contributed by atoms with E-state index in [4.69, 9.17) is 21.6 Å². The smallest absolute Gasteiger partial charge is 0.119 e. The number of hydrogen-bond donors (Lipinski definition) is 1. The Labute approximate surface area is 141 Å². The third-order valence-electron chi connectivity index (χ3n) is 3.80. The van der Waals surface area contributed by atoms with Crippen molar-refractivity contribution in [3.63, 3.8) is 0 Å². The molecule has 0 radical (unpaired) electrons. The molecule has 3 heteroatoms. The van der Waals surface area contributed by atoms with E-state index in [0.717, 1.165) is 37.4 Å². The number of ether oxygens (including phenoxy) is 2. The van der Waals surface area contributed by atoms with E-state index in [1.54, 1.807) is 0 Å². The molecule has 0 spiro atoms. The SMILES string of the molecule is C#CCOCCCCCCCCCCOc1ccc(CN)cc1. The lowest BCUT2D eigenvalue weighted by molar-refractivity contribution is 0.162. The first-order valence-electron chi connectivity index (χ1n) is 8.80. The van der Waals surface area contributed by atoms with E-state index in [9.17, 15) is 0 Å². The van der Waals surface area contributed by atoms with Crippen LogP contribution in [0.15, 0.2) is 24.3 Å². The molecule has 0 aliphatic carbocycles. The van der Waals surface area contributed by atoms with Gasteiger partial charge in [-0.1, -0.05) is 56.6 Å². The molecule has 0 saturated carbocycles. The monoisotopic (exact) mass is 317 g/mol. The average Bonchev–Trinajstić information content (AvgIpc) is 2.59. The van der Waals surface area contributed by atoms with Gasteiger partial charge in [-0.3, -0.25) is 0 Å². The molecule has 0 saturated heterocycles. The molecule has 3 nitrogen and oxygen atoms in total. The van der Waals surface area contributed by atoms with E-state index in [1.165, 1.54) is 38.5 Å². The maximum Gasteiger partial charge on any atom is 0.119 e. The summed E-state index contributed by atoms with van der Waals surface area (Å²) in [5.41, 5.74) is 6.71. The topological polar surface area (TPSA) is 44.5 Å². The zero-order valence-corrected chi connectivity index (χ0v) is 14.3. The van der Waals surface area contributed by atoms with E-state index in [-0.39, 0.29) is 0 Å². The van der Waals surface area contributed by atoms with Crippen LogP contribution in [0.25, 0.3) is 0 Å². The van der Waals surface area contributed by atoms with Crippen LogP contribution in [0.2, 0.25) is 0 Å². The van der Waals surface area contributed by atoms with Crippen LogP contribution < -0.4 is 10.5 Å². The molecule has 0 unspecified atom stereocenters. The van der Waals surface area contributed by atoms with Crippen molar-refractivity contribution < 1.29 is 9.47 Å². The van der Waals surface area contributed by atoms with Gasteiger partial charge in [0.1, 0.15) is 12.4 Å². The first-order valence-corrected chi connectivity index (χ1v) is 8.80. The van der Waals surface area contributed by atoms with Crippen molar-refractivity contribution in [2.75, 3.05) is 19.8 Å². The third kappa shape index (κ3) is 10.8. The molecule has 0 aliphatic rings. The number of terminal acetylenes is 1. The highest BCUT2D eigenvalue weighted by Crippen LogP contribution is 2.13. The van der Waals surface area contributed by atoms with Gasteiger partial charge in [-0.15, -0.1) is 6.42 Å². The summed E-state index contributed by atoms with van der Waals surface area (Å²) in [6.07, 6.45) is 15.1. The molecule has 0 atom stereocenters. The van der Waals surface area contributed by atoms with Gasteiger partial charge < -0.3 is 15.2 Å². The van der Waals surface area contributed by atoms with Crippen molar-refractivity contribution in [1.82, 2.24) is 0 Å². The molecule has 23 heavy (non-hydrogen) atoms. The Morgan fingerprint density at radius 3 is 1.96 bits per heavy atom. The largest absolute Gasteiger partial charge is 0.494 e. The number of rotatable bonds is 14. The summed E-state index contributed by atoms with van der Waals surface area (Å²) in [5.74, 6) is 3.42. The van der Waals surface area contributed by atoms with Crippen LogP contribution in [0.1, 0.15) is 56.9 Å². The second-order valence-electron chi connectivity index (χ2n) is 5.78. The predicted molar refractivity (Wildman–Crippen MR) is 96.4 cm³/mol. The van der Waals surface area contributed by atoms with Gasteiger partial charge in [-0.2, -0.15) is 0 Å². The van der Waals surface area contributed by atoms with Gasteiger partial charge >= 0.3 is 0 Å². The van der Waals surface area contributed by atoms with Crippen molar-refractivity contribution in [2.24, 2.45) is 5.73 Å². The summed E-state index contributed by atoms with van der Waals surface area (Å²) in [4.78, 5) is 0. The molecule has 128 valence electrons. The molecule has 0 heterocycles. The lowest BCUT2D eigenvalue weighted by atomic mass is 10.1. The highest BCUT2D eigenvalue weighted by molar-refractivity contribution is 5.26. The summed E-state index contributed by atoms with van der Waals surface area (Å²) in [6, 6.07) is 8.03. The van der Waals surface area contributed by atoms with E-state index in [1.807, 2.05) is 24.3 Å². The summed E-state index contributed by atoms with van der Waals surface area (Å²) < 4.78 is 11.0. The Kier molecular flexibility index (Phi) is 12.0. The maximum atomic E-state index is 5.73. The summed E-state index contributed by atoms with van der Waals surface area (Å²) in [7, 11) is 0. The average molecular weight is 317 g/mol. The molecule has 1 aromatic rings. The Balaban J connectivity index is 1.83. The van der Waals surface area contributed by atoms with Crippen molar-refractivity contribution in [3.8, 4) is 18.1 Å². The van der Waals surface area contributed by atoms with Crippen LogP contribution in [-0.2, 0) is 11.3 Å². The zero-order valence-electron chi connectivity index (χ0n) is 14.3. The van der Waals surface area contributed by atoms with Gasteiger partial charge in [0.15, 0.2) is 0 Å². The highest BCUT2D eigenvalue weighted by Gasteiger charge is 1.96. The molecular weight excluding hydrogens is 286 g/mol. The summed E-state index contributed by atoms with van der Waals surface area (Å²) >= 11 is 0.